The SMILES string of the molecule is COc1ccc(Br)c(C(CN)OC)c1. The molecule has 0 bridgehead atoms. The van der Waals surface area contributed by atoms with E-state index in [1.165, 1.54) is 0 Å². The first-order valence-electron chi connectivity index (χ1n) is 4.29. The monoisotopic (exact) mass is 259 g/mol. The first-order chi connectivity index (χ1) is 6.72. The van der Waals surface area contributed by atoms with Gasteiger partial charge in [0.2, 0.25) is 0 Å². The average molecular weight is 260 g/mol. The Bertz CT molecular complexity index is 300. The highest BCUT2D eigenvalue weighted by molar-refractivity contribution is 9.10. The molecule has 1 rings (SSSR count). The van der Waals surface area contributed by atoms with E-state index >= 15 is 0 Å². The minimum atomic E-state index is -0.0977. The molecule has 0 aromatic heterocycles. The van der Waals surface area contributed by atoms with Crippen LogP contribution in [0.25, 0.3) is 0 Å². The molecule has 4 heteroatoms. The van der Waals surface area contributed by atoms with Crippen LogP contribution in [-0.4, -0.2) is 20.8 Å². The Morgan fingerprint density at radius 1 is 1.43 bits per heavy atom. The minimum absolute atomic E-state index is 0.0977. The second-order valence-corrected chi connectivity index (χ2v) is 3.70. The smallest absolute Gasteiger partial charge is 0.119 e. The van der Waals surface area contributed by atoms with Gasteiger partial charge in [0.15, 0.2) is 0 Å². The summed E-state index contributed by atoms with van der Waals surface area (Å²) in [5.74, 6) is 0.804. The van der Waals surface area contributed by atoms with Crippen molar-refractivity contribution >= 4 is 15.9 Å². The second kappa shape index (κ2) is 5.34. The van der Waals surface area contributed by atoms with Crippen LogP contribution in [0.4, 0.5) is 0 Å². The molecule has 0 spiro atoms. The van der Waals surface area contributed by atoms with Gasteiger partial charge in [-0.2, -0.15) is 0 Å². The summed E-state index contributed by atoms with van der Waals surface area (Å²) >= 11 is 3.45. The van der Waals surface area contributed by atoms with Gasteiger partial charge in [0, 0.05) is 18.1 Å². The Kier molecular flexibility index (Phi) is 4.38. The van der Waals surface area contributed by atoms with Crippen molar-refractivity contribution in [3.63, 3.8) is 0 Å². The molecule has 0 aliphatic rings. The quantitative estimate of drug-likeness (QED) is 0.901. The number of nitrogens with two attached hydrogens (primary N) is 1. The van der Waals surface area contributed by atoms with E-state index < -0.39 is 0 Å². The van der Waals surface area contributed by atoms with Gasteiger partial charge in [-0.15, -0.1) is 0 Å². The van der Waals surface area contributed by atoms with Crippen LogP contribution in [0, 0.1) is 0 Å². The predicted molar refractivity (Wildman–Crippen MR) is 59.5 cm³/mol. The topological polar surface area (TPSA) is 44.5 Å². The highest BCUT2D eigenvalue weighted by atomic mass is 79.9. The number of rotatable bonds is 4. The molecule has 1 aromatic carbocycles. The molecule has 1 aromatic rings. The van der Waals surface area contributed by atoms with Crippen molar-refractivity contribution in [2.24, 2.45) is 5.73 Å². The van der Waals surface area contributed by atoms with Crippen molar-refractivity contribution in [1.29, 1.82) is 0 Å². The van der Waals surface area contributed by atoms with Crippen molar-refractivity contribution < 1.29 is 9.47 Å². The molecule has 0 saturated carbocycles. The van der Waals surface area contributed by atoms with Crippen molar-refractivity contribution in [1.82, 2.24) is 0 Å². The van der Waals surface area contributed by atoms with Gasteiger partial charge in [-0.3, -0.25) is 0 Å². The average Bonchev–Trinajstić information content (AvgIpc) is 2.22. The summed E-state index contributed by atoms with van der Waals surface area (Å²) in [5, 5.41) is 0. The molecular weight excluding hydrogens is 246 g/mol. The largest absolute Gasteiger partial charge is 0.497 e. The lowest BCUT2D eigenvalue weighted by molar-refractivity contribution is 0.110. The zero-order chi connectivity index (χ0) is 10.6. The number of hydrogen-bond acceptors (Lipinski definition) is 3. The van der Waals surface area contributed by atoms with Crippen LogP contribution >= 0.6 is 15.9 Å². The Balaban J connectivity index is 3.04. The maximum atomic E-state index is 5.59. The van der Waals surface area contributed by atoms with E-state index in [2.05, 4.69) is 15.9 Å². The molecule has 0 fully saturated rings. The van der Waals surface area contributed by atoms with E-state index in [-0.39, 0.29) is 6.10 Å². The van der Waals surface area contributed by atoms with Crippen LogP contribution in [0.1, 0.15) is 11.7 Å². The van der Waals surface area contributed by atoms with E-state index in [9.17, 15) is 0 Å². The van der Waals surface area contributed by atoms with E-state index in [1.807, 2.05) is 18.2 Å². The van der Waals surface area contributed by atoms with Crippen LogP contribution in [0.2, 0.25) is 0 Å². The number of halogens is 1. The van der Waals surface area contributed by atoms with E-state index in [0.29, 0.717) is 6.54 Å². The molecule has 0 saturated heterocycles. The Morgan fingerprint density at radius 3 is 2.64 bits per heavy atom. The van der Waals surface area contributed by atoms with Crippen molar-refractivity contribution in [2.75, 3.05) is 20.8 Å². The van der Waals surface area contributed by atoms with Crippen LogP contribution in [0.3, 0.4) is 0 Å². The third-order valence-electron chi connectivity index (χ3n) is 2.05. The van der Waals surface area contributed by atoms with Gasteiger partial charge in [0.1, 0.15) is 5.75 Å². The Hall–Kier alpha value is -0.580. The number of benzene rings is 1. The molecule has 1 unspecified atom stereocenters. The molecule has 0 radical (unpaired) electrons. The molecule has 1 atom stereocenters. The fraction of sp³-hybridized carbons (Fsp3) is 0.400. The second-order valence-electron chi connectivity index (χ2n) is 2.85. The van der Waals surface area contributed by atoms with Crippen molar-refractivity contribution in [3.8, 4) is 5.75 Å². The fourth-order valence-corrected chi connectivity index (χ4v) is 1.75. The summed E-state index contributed by atoms with van der Waals surface area (Å²) in [4.78, 5) is 0. The fourth-order valence-electron chi connectivity index (χ4n) is 1.25. The molecule has 78 valence electrons. The summed E-state index contributed by atoms with van der Waals surface area (Å²) in [6.45, 7) is 0.447. The molecule has 0 aliphatic heterocycles. The van der Waals surface area contributed by atoms with Crippen LogP contribution in [0.15, 0.2) is 22.7 Å². The summed E-state index contributed by atoms with van der Waals surface area (Å²) in [6, 6.07) is 5.73. The molecule has 2 N–H and O–H groups in total. The highest BCUT2D eigenvalue weighted by Gasteiger charge is 2.12. The third-order valence-corrected chi connectivity index (χ3v) is 2.77. The maximum Gasteiger partial charge on any atom is 0.119 e. The van der Waals surface area contributed by atoms with Gasteiger partial charge in [-0.25, -0.2) is 0 Å². The zero-order valence-electron chi connectivity index (χ0n) is 8.29. The minimum Gasteiger partial charge on any atom is -0.497 e. The van der Waals surface area contributed by atoms with Gasteiger partial charge in [-0.1, -0.05) is 15.9 Å². The van der Waals surface area contributed by atoms with E-state index in [0.717, 1.165) is 15.8 Å². The first-order valence-corrected chi connectivity index (χ1v) is 5.08. The van der Waals surface area contributed by atoms with Crippen molar-refractivity contribution in [2.45, 2.75) is 6.10 Å². The normalized spacial score (nSPS) is 12.6. The highest BCUT2D eigenvalue weighted by Crippen LogP contribution is 2.28. The van der Waals surface area contributed by atoms with E-state index in [1.54, 1.807) is 14.2 Å². The number of ether oxygens (including phenoxy) is 2. The van der Waals surface area contributed by atoms with Gasteiger partial charge in [0.25, 0.3) is 0 Å². The lowest BCUT2D eigenvalue weighted by atomic mass is 10.1. The molecule has 0 heterocycles. The molecule has 0 aliphatic carbocycles. The predicted octanol–water partition coefficient (Wildman–Crippen LogP) is 2.10. The maximum absolute atomic E-state index is 5.59. The van der Waals surface area contributed by atoms with Gasteiger partial charge in [-0.05, 0) is 23.8 Å². The van der Waals surface area contributed by atoms with Crippen LogP contribution in [-0.2, 0) is 4.74 Å². The van der Waals surface area contributed by atoms with Gasteiger partial charge < -0.3 is 15.2 Å². The summed E-state index contributed by atoms with van der Waals surface area (Å²) in [6.07, 6.45) is -0.0977. The molecule has 3 nitrogen and oxygen atoms in total. The van der Waals surface area contributed by atoms with Crippen LogP contribution in [0.5, 0.6) is 5.75 Å². The standard InChI is InChI=1S/C10H14BrNO2/c1-13-7-3-4-9(11)8(5-7)10(6-12)14-2/h3-5,10H,6,12H2,1-2H3. The molecule has 0 amide bonds. The lowest BCUT2D eigenvalue weighted by Crippen LogP contribution is -2.14. The van der Waals surface area contributed by atoms with E-state index in [4.69, 9.17) is 15.2 Å². The number of hydrogen-bond donors (Lipinski definition) is 1. The lowest BCUT2D eigenvalue weighted by Gasteiger charge is -2.15. The van der Waals surface area contributed by atoms with Crippen LogP contribution < -0.4 is 10.5 Å². The Labute approximate surface area is 92.3 Å². The molecular formula is C10H14BrNO2. The summed E-state index contributed by atoms with van der Waals surface area (Å²) < 4.78 is 11.4. The van der Waals surface area contributed by atoms with Gasteiger partial charge in [0.05, 0.1) is 13.2 Å². The number of methoxy groups -OCH3 is 2. The summed E-state index contributed by atoms with van der Waals surface area (Å²) in [7, 11) is 3.28. The van der Waals surface area contributed by atoms with Crippen molar-refractivity contribution in [3.05, 3.63) is 28.2 Å². The summed E-state index contributed by atoms with van der Waals surface area (Å²) in [5.41, 5.74) is 6.60. The first kappa shape index (κ1) is 11.5. The van der Waals surface area contributed by atoms with Gasteiger partial charge >= 0.3 is 0 Å². The zero-order valence-corrected chi connectivity index (χ0v) is 9.87. The third kappa shape index (κ3) is 2.47. The molecule has 14 heavy (non-hydrogen) atoms. The Morgan fingerprint density at radius 2 is 2.14 bits per heavy atom.